The van der Waals surface area contributed by atoms with Crippen molar-refractivity contribution in [1.29, 1.82) is 0 Å². The van der Waals surface area contributed by atoms with Crippen LogP contribution in [-0.2, 0) is 4.79 Å². The van der Waals surface area contributed by atoms with Gasteiger partial charge in [-0.2, -0.15) is 0 Å². The third-order valence-electron chi connectivity index (χ3n) is 3.62. The largest absolute Gasteiger partial charge is 0.340 e. The van der Waals surface area contributed by atoms with Gasteiger partial charge in [0.2, 0.25) is 5.91 Å². The number of hydrogen-bond acceptors (Lipinski definition) is 4. The van der Waals surface area contributed by atoms with Crippen molar-refractivity contribution in [2.24, 2.45) is 5.92 Å². The molecule has 1 unspecified atom stereocenters. The molecule has 1 aromatic heterocycles. The van der Waals surface area contributed by atoms with Crippen LogP contribution in [0, 0.1) is 5.92 Å². The number of nitrogens with zero attached hydrogens (tertiary/aromatic N) is 1. The maximum absolute atomic E-state index is 12.7. The maximum Gasteiger partial charge on any atom is 0.262 e. The number of carbonyl (C=O) groups is 2. The fraction of sp³-hybridized carbons (Fsp3) is 0.600. The third kappa shape index (κ3) is 4.28. The molecule has 1 saturated heterocycles. The SMILES string of the molecule is CC(C)C(NC(=O)c1cccs1)C(=O)N1CCCNCC1. The Morgan fingerprint density at radius 1 is 1.33 bits per heavy atom. The molecule has 0 radical (unpaired) electrons. The predicted molar refractivity (Wildman–Crippen MR) is 84.5 cm³/mol. The van der Waals surface area contributed by atoms with E-state index in [1.54, 1.807) is 6.07 Å². The van der Waals surface area contributed by atoms with Crippen molar-refractivity contribution in [3.63, 3.8) is 0 Å². The highest BCUT2D eigenvalue weighted by Gasteiger charge is 2.29. The lowest BCUT2D eigenvalue weighted by atomic mass is 10.0. The number of nitrogens with one attached hydrogen (secondary N) is 2. The Labute approximate surface area is 129 Å². The molecule has 2 N–H and O–H groups in total. The molecule has 5 nitrogen and oxygen atoms in total. The van der Waals surface area contributed by atoms with Crippen LogP contribution in [0.4, 0.5) is 0 Å². The van der Waals surface area contributed by atoms with Crippen LogP contribution in [-0.4, -0.2) is 48.9 Å². The summed E-state index contributed by atoms with van der Waals surface area (Å²) in [6.45, 7) is 7.15. The second-order valence-corrected chi connectivity index (χ2v) is 6.55. The van der Waals surface area contributed by atoms with Gasteiger partial charge in [-0.1, -0.05) is 19.9 Å². The zero-order valence-electron chi connectivity index (χ0n) is 12.6. The second-order valence-electron chi connectivity index (χ2n) is 5.60. The molecule has 116 valence electrons. The molecule has 0 spiro atoms. The average molecular weight is 309 g/mol. The summed E-state index contributed by atoms with van der Waals surface area (Å²) >= 11 is 1.39. The highest BCUT2D eigenvalue weighted by molar-refractivity contribution is 7.12. The summed E-state index contributed by atoms with van der Waals surface area (Å²) in [7, 11) is 0. The normalized spacial score (nSPS) is 17.4. The van der Waals surface area contributed by atoms with Crippen molar-refractivity contribution in [2.45, 2.75) is 26.3 Å². The third-order valence-corrected chi connectivity index (χ3v) is 4.48. The van der Waals surface area contributed by atoms with Gasteiger partial charge >= 0.3 is 0 Å². The maximum atomic E-state index is 12.7. The van der Waals surface area contributed by atoms with Gasteiger partial charge in [-0.3, -0.25) is 9.59 Å². The molecule has 1 aliphatic heterocycles. The second kappa shape index (κ2) is 7.56. The van der Waals surface area contributed by atoms with Crippen molar-refractivity contribution in [3.8, 4) is 0 Å². The van der Waals surface area contributed by atoms with Gasteiger partial charge in [0.25, 0.3) is 5.91 Å². The van der Waals surface area contributed by atoms with Gasteiger partial charge in [-0.05, 0) is 30.3 Å². The summed E-state index contributed by atoms with van der Waals surface area (Å²) in [6.07, 6.45) is 0.954. The Balaban J connectivity index is 2.03. The Morgan fingerprint density at radius 3 is 2.81 bits per heavy atom. The Hall–Kier alpha value is -1.40. The summed E-state index contributed by atoms with van der Waals surface area (Å²) < 4.78 is 0. The van der Waals surface area contributed by atoms with Crippen LogP contribution < -0.4 is 10.6 Å². The quantitative estimate of drug-likeness (QED) is 0.882. The van der Waals surface area contributed by atoms with Crippen LogP contribution in [0.15, 0.2) is 17.5 Å². The van der Waals surface area contributed by atoms with E-state index in [0.29, 0.717) is 11.4 Å². The molecule has 2 amide bonds. The van der Waals surface area contributed by atoms with E-state index in [-0.39, 0.29) is 17.7 Å². The van der Waals surface area contributed by atoms with Crippen molar-refractivity contribution in [2.75, 3.05) is 26.2 Å². The average Bonchev–Trinajstić information content (AvgIpc) is 2.86. The Morgan fingerprint density at radius 2 is 2.14 bits per heavy atom. The van der Waals surface area contributed by atoms with Crippen LogP contribution in [0.5, 0.6) is 0 Å². The molecule has 0 bridgehead atoms. The van der Waals surface area contributed by atoms with E-state index in [1.165, 1.54) is 11.3 Å². The summed E-state index contributed by atoms with van der Waals surface area (Å²) in [5.41, 5.74) is 0. The molecule has 2 heterocycles. The topological polar surface area (TPSA) is 61.4 Å². The van der Waals surface area contributed by atoms with Gasteiger partial charge in [0, 0.05) is 19.6 Å². The number of hydrogen-bond donors (Lipinski definition) is 2. The molecular weight excluding hydrogens is 286 g/mol. The predicted octanol–water partition coefficient (Wildman–Crippen LogP) is 1.32. The van der Waals surface area contributed by atoms with E-state index in [2.05, 4.69) is 10.6 Å². The minimum Gasteiger partial charge on any atom is -0.340 e. The molecule has 6 heteroatoms. The zero-order valence-corrected chi connectivity index (χ0v) is 13.4. The van der Waals surface area contributed by atoms with Crippen molar-refractivity contribution in [3.05, 3.63) is 22.4 Å². The highest BCUT2D eigenvalue weighted by Crippen LogP contribution is 2.12. The van der Waals surface area contributed by atoms with E-state index in [4.69, 9.17) is 0 Å². The monoisotopic (exact) mass is 309 g/mol. The van der Waals surface area contributed by atoms with Crippen LogP contribution >= 0.6 is 11.3 Å². The first-order chi connectivity index (χ1) is 10.1. The summed E-state index contributed by atoms with van der Waals surface area (Å²) in [4.78, 5) is 27.4. The molecule has 2 rings (SSSR count). The van der Waals surface area contributed by atoms with Gasteiger partial charge < -0.3 is 15.5 Å². The van der Waals surface area contributed by atoms with Crippen LogP contribution in [0.2, 0.25) is 0 Å². The van der Waals surface area contributed by atoms with Gasteiger partial charge in [0.05, 0.1) is 4.88 Å². The minimum atomic E-state index is -0.460. The van der Waals surface area contributed by atoms with Gasteiger partial charge in [-0.25, -0.2) is 0 Å². The first kappa shape index (κ1) is 16.0. The van der Waals surface area contributed by atoms with E-state index in [9.17, 15) is 9.59 Å². The van der Waals surface area contributed by atoms with Crippen molar-refractivity contribution < 1.29 is 9.59 Å². The fourth-order valence-electron chi connectivity index (χ4n) is 2.40. The summed E-state index contributed by atoms with van der Waals surface area (Å²) in [5, 5.41) is 8.04. The number of amides is 2. The first-order valence-corrected chi connectivity index (χ1v) is 8.31. The molecular formula is C15H23N3O2S. The number of rotatable bonds is 4. The van der Waals surface area contributed by atoms with E-state index < -0.39 is 6.04 Å². The molecule has 1 aromatic rings. The van der Waals surface area contributed by atoms with E-state index in [0.717, 1.165) is 26.1 Å². The lowest BCUT2D eigenvalue weighted by Crippen LogP contribution is -2.51. The smallest absolute Gasteiger partial charge is 0.262 e. The summed E-state index contributed by atoms with van der Waals surface area (Å²) in [6, 6.07) is 3.15. The van der Waals surface area contributed by atoms with Crippen LogP contribution in [0.25, 0.3) is 0 Å². The Bertz CT molecular complexity index is 465. The van der Waals surface area contributed by atoms with Gasteiger partial charge in [0.15, 0.2) is 0 Å². The van der Waals surface area contributed by atoms with E-state index >= 15 is 0 Å². The lowest BCUT2D eigenvalue weighted by Gasteiger charge is -2.28. The molecule has 1 atom stereocenters. The van der Waals surface area contributed by atoms with E-state index in [1.807, 2.05) is 30.2 Å². The molecule has 1 fully saturated rings. The standard InChI is InChI=1S/C15H23N3O2S/c1-11(2)13(17-14(19)12-5-3-10-21-12)15(20)18-8-4-6-16-7-9-18/h3,5,10-11,13,16H,4,6-9H2,1-2H3,(H,17,19). The minimum absolute atomic E-state index is 0.0265. The fourth-order valence-corrected chi connectivity index (χ4v) is 3.02. The van der Waals surface area contributed by atoms with Crippen molar-refractivity contribution >= 4 is 23.2 Å². The molecule has 0 aromatic carbocycles. The highest BCUT2D eigenvalue weighted by atomic mass is 32.1. The molecule has 1 aliphatic rings. The molecule has 21 heavy (non-hydrogen) atoms. The van der Waals surface area contributed by atoms with Gasteiger partial charge in [0.1, 0.15) is 6.04 Å². The number of carbonyl (C=O) groups excluding carboxylic acids is 2. The lowest BCUT2D eigenvalue weighted by molar-refractivity contribution is -0.134. The van der Waals surface area contributed by atoms with Crippen molar-refractivity contribution in [1.82, 2.24) is 15.5 Å². The van der Waals surface area contributed by atoms with Crippen LogP contribution in [0.3, 0.4) is 0 Å². The Kier molecular flexibility index (Phi) is 5.76. The summed E-state index contributed by atoms with van der Waals surface area (Å²) in [5.74, 6) is -0.0683. The molecule has 0 aliphatic carbocycles. The zero-order chi connectivity index (χ0) is 15.2. The van der Waals surface area contributed by atoms with Crippen LogP contribution in [0.1, 0.15) is 29.9 Å². The van der Waals surface area contributed by atoms with Gasteiger partial charge in [-0.15, -0.1) is 11.3 Å². The first-order valence-electron chi connectivity index (χ1n) is 7.43. The molecule has 0 saturated carbocycles. The number of thiophene rings is 1.